The predicted molar refractivity (Wildman–Crippen MR) is 79.3 cm³/mol. The minimum Gasteiger partial charge on any atom is -0.321 e. The van der Waals surface area contributed by atoms with E-state index in [-0.39, 0.29) is 24.0 Å². The van der Waals surface area contributed by atoms with Crippen LogP contribution >= 0.6 is 0 Å². The maximum absolute atomic E-state index is 13.4. The average molecular weight is 332 g/mol. The van der Waals surface area contributed by atoms with E-state index in [1.165, 1.54) is 6.07 Å². The van der Waals surface area contributed by atoms with Crippen LogP contribution in [0.1, 0.15) is 12.8 Å². The van der Waals surface area contributed by atoms with E-state index in [4.69, 9.17) is 0 Å². The Kier molecular flexibility index (Phi) is 5.12. The number of hydrogen-bond acceptors (Lipinski definition) is 4. The number of halogens is 2. The smallest absolute Gasteiger partial charge is 0.225 e. The molecule has 1 aliphatic rings. The van der Waals surface area contributed by atoms with Crippen LogP contribution in [0.5, 0.6) is 0 Å². The van der Waals surface area contributed by atoms with Gasteiger partial charge in [0.05, 0.1) is 11.5 Å². The fourth-order valence-electron chi connectivity index (χ4n) is 2.40. The van der Waals surface area contributed by atoms with E-state index in [1.54, 1.807) is 11.9 Å². The molecule has 1 amide bonds. The van der Waals surface area contributed by atoms with E-state index < -0.39 is 33.1 Å². The highest BCUT2D eigenvalue weighted by molar-refractivity contribution is 7.91. The van der Waals surface area contributed by atoms with Crippen LogP contribution in [0.4, 0.5) is 14.5 Å². The molecule has 1 saturated heterocycles. The number of carbonyl (C=O) groups excluding carboxylic acids is 1. The molecule has 0 spiro atoms. The number of anilines is 1. The molecule has 1 aromatic carbocycles. The van der Waals surface area contributed by atoms with Gasteiger partial charge < -0.3 is 10.2 Å². The summed E-state index contributed by atoms with van der Waals surface area (Å²) in [5.74, 6) is -1.93. The van der Waals surface area contributed by atoms with Crippen molar-refractivity contribution in [3.05, 3.63) is 29.8 Å². The summed E-state index contributed by atoms with van der Waals surface area (Å²) in [7, 11) is -1.24. The number of amides is 1. The molecule has 8 heteroatoms. The van der Waals surface area contributed by atoms with Gasteiger partial charge in [0.25, 0.3) is 0 Å². The second-order valence-electron chi connectivity index (χ2n) is 5.43. The summed E-state index contributed by atoms with van der Waals surface area (Å²) in [5.41, 5.74) is -0.460. The van der Waals surface area contributed by atoms with E-state index in [2.05, 4.69) is 5.32 Å². The first-order valence-corrected chi connectivity index (χ1v) is 8.75. The molecule has 1 aliphatic heterocycles. The Morgan fingerprint density at radius 1 is 1.36 bits per heavy atom. The van der Waals surface area contributed by atoms with Crippen LogP contribution in [0.15, 0.2) is 18.2 Å². The lowest BCUT2D eigenvalue weighted by Gasteiger charge is -2.22. The monoisotopic (exact) mass is 332 g/mol. The zero-order valence-electron chi connectivity index (χ0n) is 12.2. The van der Waals surface area contributed by atoms with Gasteiger partial charge in [-0.05, 0) is 25.6 Å². The van der Waals surface area contributed by atoms with Gasteiger partial charge in [0.15, 0.2) is 9.84 Å². The fraction of sp³-hybridized carbons (Fsp3) is 0.500. The van der Waals surface area contributed by atoms with Gasteiger partial charge in [-0.15, -0.1) is 0 Å². The lowest BCUT2D eigenvalue weighted by atomic mass is 10.2. The Bertz CT molecular complexity index is 644. The Hall–Kier alpha value is -1.54. The number of benzene rings is 1. The first-order valence-electron chi connectivity index (χ1n) is 6.93. The molecule has 1 unspecified atom stereocenters. The standard InChI is InChI=1S/C14H18F2N2O3S/c1-18(10-6-8-22(20,21)9-10)7-5-13(19)17-14-11(15)3-2-4-12(14)16/h2-4,10H,5-9H2,1H3,(H,17,19). The fourth-order valence-corrected chi connectivity index (χ4v) is 4.21. The topological polar surface area (TPSA) is 66.5 Å². The van der Waals surface area contributed by atoms with Crippen molar-refractivity contribution in [1.82, 2.24) is 4.90 Å². The molecule has 1 aromatic rings. The van der Waals surface area contributed by atoms with Crippen LogP contribution in [-0.2, 0) is 14.6 Å². The van der Waals surface area contributed by atoms with Gasteiger partial charge in [-0.1, -0.05) is 6.07 Å². The summed E-state index contributed by atoms with van der Waals surface area (Å²) in [5, 5.41) is 2.21. The Morgan fingerprint density at radius 2 is 2.00 bits per heavy atom. The highest BCUT2D eigenvalue weighted by Gasteiger charge is 2.30. The zero-order chi connectivity index (χ0) is 16.3. The molecule has 0 saturated carbocycles. The molecular weight excluding hydrogens is 314 g/mol. The molecule has 1 heterocycles. The molecule has 2 rings (SSSR count). The third-order valence-electron chi connectivity index (χ3n) is 3.75. The largest absolute Gasteiger partial charge is 0.321 e. The Morgan fingerprint density at radius 3 is 2.55 bits per heavy atom. The molecule has 1 fully saturated rings. The van der Waals surface area contributed by atoms with E-state index in [1.807, 2.05) is 0 Å². The van der Waals surface area contributed by atoms with Gasteiger partial charge >= 0.3 is 0 Å². The van der Waals surface area contributed by atoms with Gasteiger partial charge in [-0.25, -0.2) is 17.2 Å². The zero-order valence-corrected chi connectivity index (χ0v) is 13.0. The number of nitrogens with zero attached hydrogens (tertiary/aromatic N) is 1. The number of hydrogen-bond donors (Lipinski definition) is 1. The van der Waals surface area contributed by atoms with Crippen LogP contribution < -0.4 is 5.32 Å². The van der Waals surface area contributed by atoms with Crippen LogP contribution in [-0.4, -0.2) is 50.4 Å². The lowest BCUT2D eigenvalue weighted by Crippen LogP contribution is -2.35. The van der Waals surface area contributed by atoms with Crippen molar-refractivity contribution >= 4 is 21.4 Å². The van der Waals surface area contributed by atoms with Crippen LogP contribution in [0, 0.1) is 11.6 Å². The lowest BCUT2D eigenvalue weighted by molar-refractivity contribution is -0.116. The van der Waals surface area contributed by atoms with E-state index in [9.17, 15) is 22.0 Å². The number of rotatable bonds is 5. The number of carbonyl (C=O) groups is 1. The summed E-state index contributed by atoms with van der Waals surface area (Å²) in [6.07, 6.45) is 0.573. The summed E-state index contributed by atoms with van der Waals surface area (Å²) in [4.78, 5) is 13.6. The number of nitrogens with one attached hydrogen (secondary N) is 1. The maximum atomic E-state index is 13.4. The average Bonchev–Trinajstić information content (AvgIpc) is 2.81. The molecule has 1 N–H and O–H groups in total. The second kappa shape index (κ2) is 6.70. The van der Waals surface area contributed by atoms with Crippen molar-refractivity contribution in [2.45, 2.75) is 18.9 Å². The van der Waals surface area contributed by atoms with Crippen molar-refractivity contribution < 1.29 is 22.0 Å². The van der Waals surface area contributed by atoms with Crippen LogP contribution in [0.25, 0.3) is 0 Å². The maximum Gasteiger partial charge on any atom is 0.225 e. The minimum absolute atomic E-state index is 0.0286. The normalized spacial score (nSPS) is 20.3. The molecule has 0 aliphatic carbocycles. The summed E-state index contributed by atoms with van der Waals surface area (Å²) >= 11 is 0. The summed E-state index contributed by atoms with van der Waals surface area (Å²) in [6.45, 7) is 0.322. The quantitative estimate of drug-likeness (QED) is 0.885. The minimum atomic E-state index is -2.98. The molecule has 0 radical (unpaired) electrons. The van der Waals surface area contributed by atoms with Gasteiger partial charge in [0.2, 0.25) is 5.91 Å². The Balaban J connectivity index is 1.85. The summed E-state index contributed by atoms with van der Waals surface area (Å²) < 4.78 is 49.6. The third kappa shape index (κ3) is 4.23. The van der Waals surface area contributed by atoms with Gasteiger partial charge in [-0.3, -0.25) is 4.79 Å². The van der Waals surface area contributed by atoms with Crippen LogP contribution in [0.3, 0.4) is 0 Å². The van der Waals surface area contributed by atoms with Crippen molar-refractivity contribution in [2.24, 2.45) is 0 Å². The molecule has 0 aromatic heterocycles. The van der Waals surface area contributed by atoms with Crippen LogP contribution in [0.2, 0.25) is 0 Å². The first-order chi connectivity index (χ1) is 10.3. The molecule has 0 bridgehead atoms. The van der Waals surface area contributed by atoms with Gasteiger partial charge in [-0.2, -0.15) is 0 Å². The molecule has 22 heavy (non-hydrogen) atoms. The molecule has 122 valence electrons. The first kappa shape index (κ1) is 16.8. The van der Waals surface area contributed by atoms with E-state index in [0.29, 0.717) is 13.0 Å². The number of sulfone groups is 1. The van der Waals surface area contributed by atoms with Gasteiger partial charge in [0, 0.05) is 19.0 Å². The number of para-hydroxylation sites is 1. The molecular formula is C14H18F2N2O3S. The molecule has 1 atom stereocenters. The van der Waals surface area contributed by atoms with Gasteiger partial charge in [0.1, 0.15) is 17.3 Å². The highest BCUT2D eigenvalue weighted by atomic mass is 32.2. The summed E-state index contributed by atoms with van der Waals surface area (Å²) in [6, 6.07) is 3.24. The highest BCUT2D eigenvalue weighted by Crippen LogP contribution is 2.19. The van der Waals surface area contributed by atoms with E-state index in [0.717, 1.165) is 12.1 Å². The van der Waals surface area contributed by atoms with E-state index >= 15 is 0 Å². The Labute approximate surface area is 128 Å². The van der Waals surface area contributed by atoms with Crippen molar-refractivity contribution in [2.75, 3.05) is 30.4 Å². The van der Waals surface area contributed by atoms with Crippen molar-refractivity contribution in [3.8, 4) is 0 Å². The van der Waals surface area contributed by atoms with Crippen molar-refractivity contribution in [1.29, 1.82) is 0 Å². The second-order valence-corrected chi connectivity index (χ2v) is 7.66. The van der Waals surface area contributed by atoms with Crippen molar-refractivity contribution in [3.63, 3.8) is 0 Å². The third-order valence-corrected chi connectivity index (χ3v) is 5.50. The SMILES string of the molecule is CN(CCC(=O)Nc1c(F)cccc1F)C1CCS(=O)(=O)C1. The predicted octanol–water partition coefficient (Wildman–Crippen LogP) is 1.41. The molecule has 5 nitrogen and oxygen atoms in total.